The van der Waals surface area contributed by atoms with Crippen molar-refractivity contribution in [2.24, 2.45) is 5.92 Å². The molecule has 4 nitrogen and oxygen atoms in total. The maximum absolute atomic E-state index is 11.6. The maximum atomic E-state index is 11.6. The van der Waals surface area contributed by atoms with Gasteiger partial charge >= 0.3 is 5.97 Å². The first-order chi connectivity index (χ1) is 7.69. The van der Waals surface area contributed by atoms with Gasteiger partial charge < -0.3 is 15.2 Å². The highest BCUT2D eigenvalue weighted by atomic mass is 16.6. The van der Waals surface area contributed by atoms with Gasteiger partial charge in [0.2, 0.25) is 0 Å². The molecule has 0 rings (SSSR count). The van der Waals surface area contributed by atoms with E-state index in [4.69, 9.17) is 4.74 Å². The lowest BCUT2D eigenvalue weighted by Crippen LogP contribution is -2.38. The van der Waals surface area contributed by atoms with Crippen LogP contribution in [0.3, 0.4) is 0 Å². The van der Waals surface area contributed by atoms with Gasteiger partial charge in [-0.15, -0.1) is 0 Å². The Labute approximate surface area is 104 Å². The summed E-state index contributed by atoms with van der Waals surface area (Å²) in [4.78, 5) is 11.6. The van der Waals surface area contributed by atoms with Gasteiger partial charge in [-0.25, -0.2) is 4.79 Å². The molecule has 0 saturated carbocycles. The van der Waals surface area contributed by atoms with Crippen LogP contribution < -0.4 is 5.32 Å². The van der Waals surface area contributed by atoms with Crippen molar-refractivity contribution in [2.45, 2.75) is 52.7 Å². The van der Waals surface area contributed by atoms with E-state index < -0.39 is 17.7 Å². The third kappa shape index (κ3) is 6.31. The largest absolute Gasteiger partial charge is 0.458 e. The Hall–Kier alpha value is -1.03. The molecule has 0 bridgehead atoms. The summed E-state index contributed by atoms with van der Waals surface area (Å²) in [5.74, 6) is -0.971. The van der Waals surface area contributed by atoms with Crippen molar-refractivity contribution in [1.29, 1.82) is 0 Å². The van der Waals surface area contributed by atoms with Crippen molar-refractivity contribution in [3.63, 3.8) is 0 Å². The summed E-state index contributed by atoms with van der Waals surface area (Å²) in [7, 11) is 0. The summed E-state index contributed by atoms with van der Waals surface area (Å²) in [6.45, 7) is 13.7. The molecule has 0 aliphatic heterocycles. The minimum Gasteiger partial charge on any atom is -0.458 e. The third-order valence-corrected chi connectivity index (χ3v) is 2.27. The second-order valence-electron chi connectivity index (χ2n) is 5.22. The van der Waals surface area contributed by atoms with Crippen LogP contribution in [0.1, 0.15) is 41.0 Å². The molecule has 4 heteroatoms. The van der Waals surface area contributed by atoms with Crippen LogP contribution >= 0.6 is 0 Å². The zero-order valence-corrected chi connectivity index (χ0v) is 11.5. The quantitative estimate of drug-likeness (QED) is 0.699. The number of ether oxygens (including phenoxy) is 1. The lowest BCUT2D eigenvalue weighted by Gasteiger charge is -2.25. The topological polar surface area (TPSA) is 58.6 Å². The van der Waals surface area contributed by atoms with E-state index in [0.717, 1.165) is 13.0 Å². The van der Waals surface area contributed by atoms with E-state index in [0.29, 0.717) is 5.70 Å². The molecule has 17 heavy (non-hydrogen) atoms. The second-order valence-corrected chi connectivity index (χ2v) is 5.22. The van der Waals surface area contributed by atoms with Gasteiger partial charge in [0.15, 0.2) is 6.10 Å². The third-order valence-electron chi connectivity index (χ3n) is 2.27. The van der Waals surface area contributed by atoms with E-state index in [1.54, 1.807) is 27.7 Å². The summed E-state index contributed by atoms with van der Waals surface area (Å²) in [5, 5.41) is 12.9. The van der Waals surface area contributed by atoms with E-state index in [1.807, 2.05) is 6.92 Å². The number of hydrogen-bond acceptors (Lipinski definition) is 4. The van der Waals surface area contributed by atoms with Crippen LogP contribution in [0.25, 0.3) is 0 Å². The number of nitrogens with one attached hydrogen (secondary N) is 1. The molecule has 0 aromatic heterocycles. The minimum atomic E-state index is -1.17. The van der Waals surface area contributed by atoms with Crippen LogP contribution in [0.4, 0.5) is 0 Å². The van der Waals surface area contributed by atoms with Crippen LogP contribution in [-0.2, 0) is 9.53 Å². The van der Waals surface area contributed by atoms with E-state index in [2.05, 4.69) is 11.9 Å². The minimum absolute atomic E-state index is 0.364. The maximum Gasteiger partial charge on any atom is 0.336 e. The molecule has 0 aliphatic rings. The number of aliphatic hydroxyl groups is 1. The van der Waals surface area contributed by atoms with Crippen LogP contribution in [0.2, 0.25) is 0 Å². The summed E-state index contributed by atoms with van der Waals surface area (Å²) in [6.07, 6.45) is -0.208. The summed E-state index contributed by atoms with van der Waals surface area (Å²) >= 11 is 0. The van der Waals surface area contributed by atoms with Crippen molar-refractivity contribution < 1.29 is 14.6 Å². The van der Waals surface area contributed by atoms with E-state index in [9.17, 15) is 9.90 Å². The smallest absolute Gasteiger partial charge is 0.336 e. The van der Waals surface area contributed by atoms with E-state index in [-0.39, 0.29) is 5.92 Å². The fourth-order valence-electron chi connectivity index (χ4n) is 1.20. The highest BCUT2D eigenvalue weighted by molar-refractivity contribution is 5.75. The molecule has 2 N–H and O–H groups in total. The van der Waals surface area contributed by atoms with E-state index >= 15 is 0 Å². The molecule has 0 aromatic carbocycles. The van der Waals surface area contributed by atoms with Crippen LogP contribution in [0, 0.1) is 5.92 Å². The predicted molar refractivity (Wildman–Crippen MR) is 68.4 cm³/mol. The van der Waals surface area contributed by atoms with Gasteiger partial charge in [0.1, 0.15) is 5.60 Å². The molecule has 0 fully saturated rings. The summed E-state index contributed by atoms with van der Waals surface area (Å²) in [5.41, 5.74) is 0.0703. The molecule has 0 heterocycles. The Morgan fingerprint density at radius 2 is 2.00 bits per heavy atom. The molecule has 0 aliphatic carbocycles. The van der Waals surface area contributed by atoms with Crippen molar-refractivity contribution in [1.82, 2.24) is 5.32 Å². The first-order valence-electron chi connectivity index (χ1n) is 6.02. The highest BCUT2D eigenvalue weighted by Gasteiger charge is 2.29. The first-order valence-corrected chi connectivity index (χ1v) is 6.02. The Balaban J connectivity index is 4.33. The Morgan fingerprint density at radius 3 is 2.41 bits per heavy atom. The normalized spacial score (nSPS) is 14.9. The second kappa shape index (κ2) is 6.64. The van der Waals surface area contributed by atoms with Crippen LogP contribution in [-0.4, -0.2) is 29.3 Å². The number of hydrogen-bond donors (Lipinski definition) is 2. The van der Waals surface area contributed by atoms with Gasteiger partial charge in [-0.3, -0.25) is 0 Å². The zero-order chi connectivity index (χ0) is 13.6. The highest BCUT2D eigenvalue weighted by Crippen LogP contribution is 2.16. The molecule has 0 saturated heterocycles. The molecule has 0 aromatic rings. The van der Waals surface area contributed by atoms with Gasteiger partial charge in [0, 0.05) is 18.2 Å². The predicted octanol–water partition coefficient (Wildman–Crippen LogP) is 1.84. The SMILES string of the molecule is C=C(NCCC)C(C)[C@@H](O)C(=O)OC(C)(C)C. The van der Waals surface area contributed by atoms with Gasteiger partial charge in [-0.2, -0.15) is 0 Å². The number of carbonyl (C=O) groups is 1. The number of aliphatic hydroxyl groups excluding tert-OH is 1. The average Bonchev–Trinajstić information content (AvgIpc) is 2.21. The standard InChI is InChI=1S/C13H25NO3/c1-7-8-14-10(3)9(2)11(15)12(16)17-13(4,5)6/h9,11,14-15H,3,7-8H2,1-2,4-6H3/t9?,11-/m1/s1. The number of rotatable bonds is 6. The van der Waals surface area contributed by atoms with Crippen molar-refractivity contribution in [3.05, 3.63) is 12.3 Å². The van der Waals surface area contributed by atoms with Crippen LogP contribution in [0.5, 0.6) is 0 Å². The zero-order valence-electron chi connectivity index (χ0n) is 11.5. The van der Waals surface area contributed by atoms with Crippen molar-refractivity contribution in [3.8, 4) is 0 Å². The van der Waals surface area contributed by atoms with Crippen LogP contribution in [0.15, 0.2) is 12.3 Å². The van der Waals surface area contributed by atoms with Crippen molar-refractivity contribution >= 4 is 5.97 Å². The lowest BCUT2D eigenvalue weighted by atomic mass is 10.0. The Morgan fingerprint density at radius 1 is 1.47 bits per heavy atom. The number of carbonyl (C=O) groups excluding carboxylic acids is 1. The molecule has 100 valence electrons. The molecule has 1 unspecified atom stereocenters. The molecular weight excluding hydrogens is 218 g/mol. The fourth-order valence-corrected chi connectivity index (χ4v) is 1.20. The molecule has 2 atom stereocenters. The van der Waals surface area contributed by atoms with Gasteiger partial charge in [-0.1, -0.05) is 20.4 Å². The summed E-state index contributed by atoms with van der Waals surface area (Å²) < 4.78 is 5.12. The first kappa shape index (κ1) is 16.0. The molecule has 0 amide bonds. The van der Waals surface area contributed by atoms with Gasteiger partial charge in [0.25, 0.3) is 0 Å². The van der Waals surface area contributed by atoms with Crippen molar-refractivity contribution in [2.75, 3.05) is 6.54 Å². The average molecular weight is 243 g/mol. The fraction of sp³-hybridized carbons (Fsp3) is 0.769. The Bertz CT molecular complexity index is 268. The van der Waals surface area contributed by atoms with Gasteiger partial charge in [-0.05, 0) is 27.2 Å². The molecular formula is C13H25NO3. The number of esters is 1. The monoisotopic (exact) mass is 243 g/mol. The Kier molecular flexibility index (Phi) is 6.24. The molecule has 0 spiro atoms. The lowest BCUT2D eigenvalue weighted by molar-refractivity contribution is -0.167. The summed E-state index contributed by atoms with van der Waals surface area (Å²) in [6, 6.07) is 0. The van der Waals surface area contributed by atoms with Gasteiger partial charge in [0.05, 0.1) is 0 Å². The molecule has 0 radical (unpaired) electrons. The van der Waals surface area contributed by atoms with E-state index in [1.165, 1.54) is 0 Å².